The maximum Gasteiger partial charge on any atom is 0.410 e. The first-order valence-corrected chi connectivity index (χ1v) is 9.59. The number of amides is 1. The molecule has 0 fully saturated rings. The van der Waals surface area contributed by atoms with Crippen LogP contribution in [0.15, 0.2) is 61.2 Å². The van der Waals surface area contributed by atoms with Crippen molar-refractivity contribution in [1.29, 1.82) is 0 Å². The fraction of sp³-hybridized carbons (Fsp3) is 0.261. The van der Waals surface area contributed by atoms with Crippen molar-refractivity contribution < 1.29 is 29.0 Å². The van der Waals surface area contributed by atoms with E-state index in [1.165, 1.54) is 6.08 Å². The van der Waals surface area contributed by atoms with Crippen molar-refractivity contribution >= 4 is 18.0 Å². The van der Waals surface area contributed by atoms with Gasteiger partial charge in [-0.3, -0.25) is 14.5 Å². The van der Waals surface area contributed by atoms with E-state index in [0.717, 1.165) is 27.2 Å². The molecule has 7 heteroatoms. The van der Waals surface area contributed by atoms with Gasteiger partial charge in [-0.2, -0.15) is 0 Å². The summed E-state index contributed by atoms with van der Waals surface area (Å²) < 4.78 is 10.3. The van der Waals surface area contributed by atoms with Gasteiger partial charge in [0, 0.05) is 12.5 Å². The highest BCUT2D eigenvalue weighted by Crippen LogP contribution is 2.44. The molecule has 0 bridgehead atoms. The molecule has 0 radical (unpaired) electrons. The van der Waals surface area contributed by atoms with E-state index in [9.17, 15) is 14.4 Å². The fourth-order valence-corrected chi connectivity index (χ4v) is 3.53. The molecule has 0 aromatic heterocycles. The van der Waals surface area contributed by atoms with Gasteiger partial charge in [-0.1, -0.05) is 61.2 Å². The van der Waals surface area contributed by atoms with Crippen molar-refractivity contribution in [3.8, 4) is 11.1 Å². The number of carbonyl (C=O) groups is 3. The van der Waals surface area contributed by atoms with E-state index >= 15 is 0 Å². The van der Waals surface area contributed by atoms with Gasteiger partial charge in [0.2, 0.25) is 0 Å². The SMILES string of the molecule is C=CCOC(=O)CCN(CC(=O)O)C(=O)OCC1c2ccccc2-c2ccccc21. The fourth-order valence-electron chi connectivity index (χ4n) is 3.53. The summed E-state index contributed by atoms with van der Waals surface area (Å²) >= 11 is 0. The van der Waals surface area contributed by atoms with E-state index in [2.05, 4.69) is 6.58 Å². The molecule has 1 aliphatic carbocycles. The number of aliphatic carboxylic acids is 1. The van der Waals surface area contributed by atoms with Gasteiger partial charge in [0.1, 0.15) is 19.8 Å². The molecule has 156 valence electrons. The molecule has 0 heterocycles. The molecule has 2 aromatic carbocycles. The zero-order chi connectivity index (χ0) is 21.5. The first-order chi connectivity index (χ1) is 14.5. The van der Waals surface area contributed by atoms with Crippen LogP contribution in [0.4, 0.5) is 4.79 Å². The predicted molar refractivity (Wildman–Crippen MR) is 110 cm³/mol. The Balaban J connectivity index is 1.67. The predicted octanol–water partition coefficient (Wildman–Crippen LogP) is 3.44. The number of carbonyl (C=O) groups excluding carboxylic acids is 2. The topological polar surface area (TPSA) is 93.1 Å². The van der Waals surface area contributed by atoms with Crippen molar-refractivity contribution in [1.82, 2.24) is 4.90 Å². The third kappa shape index (κ3) is 4.86. The molecule has 0 aliphatic heterocycles. The molecule has 0 spiro atoms. The molecule has 1 aliphatic rings. The van der Waals surface area contributed by atoms with E-state index in [0.29, 0.717) is 0 Å². The summed E-state index contributed by atoms with van der Waals surface area (Å²) in [6.45, 7) is 2.91. The molecule has 0 atom stereocenters. The van der Waals surface area contributed by atoms with Crippen LogP contribution in [-0.2, 0) is 19.1 Å². The number of fused-ring (bicyclic) bond motifs is 3. The van der Waals surface area contributed by atoms with E-state index in [-0.39, 0.29) is 32.1 Å². The Hall–Kier alpha value is -3.61. The molecule has 7 nitrogen and oxygen atoms in total. The smallest absolute Gasteiger partial charge is 0.410 e. The van der Waals surface area contributed by atoms with Crippen molar-refractivity contribution in [2.45, 2.75) is 12.3 Å². The number of hydrogen-bond donors (Lipinski definition) is 1. The maximum atomic E-state index is 12.6. The normalized spacial score (nSPS) is 11.9. The number of benzene rings is 2. The molecule has 1 N–H and O–H groups in total. The third-order valence-electron chi connectivity index (χ3n) is 4.87. The van der Waals surface area contributed by atoms with Crippen molar-refractivity contribution in [2.24, 2.45) is 0 Å². The zero-order valence-electron chi connectivity index (χ0n) is 16.5. The molecule has 0 saturated carbocycles. The van der Waals surface area contributed by atoms with Crippen LogP contribution in [0.2, 0.25) is 0 Å². The van der Waals surface area contributed by atoms with Crippen molar-refractivity contribution in [3.63, 3.8) is 0 Å². The molecule has 0 saturated heterocycles. The Bertz CT molecular complexity index is 909. The minimum absolute atomic E-state index is 0.0582. The summed E-state index contributed by atoms with van der Waals surface area (Å²) in [5, 5.41) is 9.10. The van der Waals surface area contributed by atoms with Gasteiger partial charge in [-0.15, -0.1) is 0 Å². The van der Waals surface area contributed by atoms with Crippen LogP contribution < -0.4 is 0 Å². The standard InChI is InChI=1S/C23H23NO6/c1-2-13-29-22(27)11-12-24(14-21(25)26)23(28)30-15-20-18-9-5-3-7-16(18)17-8-4-6-10-19(17)20/h2-10,20H,1,11-15H2,(H,25,26). The molecule has 0 unspecified atom stereocenters. The second-order valence-electron chi connectivity index (χ2n) is 6.84. The molecular formula is C23H23NO6. The lowest BCUT2D eigenvalue weighted by Crippen LogP contribution is -2.38. The summed E-state index contributed by atoms with van der Waals surface area (Å²) in [6.07, 6.45) is 0.514. The monoisotopic (exact) mass is 409 g/mol. The number of nitrogens with zero attached hydrogens (tertiary/aromatic N) is 1. The minimum Gasteiger partial charge on any atom is -0.480 e. The van der Waals surface area contributed by atoms with Gasteiger partial charge in [0.05, 0.1) is 6.42 Å². The molecular weight excluding hydrogens is 386 g/mol. The summed E-state index contributed by atoms with van der Waals surface area (Å²) in [5.41, 5.74) is 4.32. The van der Waals surface area contributed by atoms with Crippen LogP contribution in [-0.4, -0.2) is 54.3 Å². The zero-order valence-corrected chi connectivity index (χ0v) is 16.5. The number of hydrogen-bond acceptors (Lipinski definition) is 5. The van der Waals surface area contributed by atoms with Crippen LogP contribution in [0.5, 0.6) is 0 Å². The lowest BCUT2D eigenvalue weighted by Gasteiger charge is -2.21. The number of carboxylic acids is 1. The molecule has 30 heavy (non-hydrogen) atoms. The van der Waals surface area contributed by atoms with E-state index in [1.54, 1.807) is 0 Å². The summed E-state index contributed by atoms with van der Waals surface area (Å²) in [7, 11) is 0. The van der Waals surface area contributed by atoms with E-state index < -0.39 is 24.6 Å². The van der Waals surface area contributed by atoms with Gasteiger partial charge in [0.25, 0.3) is 0 Å². The van der Waals surface area contributed by atoms with Crippen LogP contribution in [0, 0.1) is 0 Å². The van der Waals surface area contributed by atoms with E-state index in [4.69, 9.17) is 14.6 Å². The van der Waals surface area contributed by atoms with Crippen molar-refractivity contribution in [3.05, 3.63) is 72.3 Å². The Morgan fingerprint density at radius 3 is 2.17 bits per heavy atom. The molecule has 3 rings (SSSR count). The Kier molecular flexibility index (Phi) is 6.85. The first kappa shape index (κ1) is 21.1. The number of esters is 1. The molecule has 1 amide bonds. The second-order valence-corrected chi connectivity index (χ2v) is 6.84. The van der Waals surface area contributed by atoms with Crippen LogP contribution in [0.1, 0.15) is 23.5 Å². The van der Waals surface area contributed by atoms with Crippen LogP contribution in [0.25, 0.3) is 11.1 Å². The summed E-state index contributed by atoms with van der Waals surface area (Å²) in [5.74, 6) is -1.87. The van der Waals surface area contributed by atoms with Gasteiger partial charge in [-0.05, 0) is 22.3 Å². The second kappa shape index (κ2) is 9.73. The van der Waals surface area contributed by atoms with Gasteiger partial charge in [0.15, 0.2) is 0 Å². The average molecular weight is 409 g/mol. The summed E-state index contributed by atoms with van der Waals surface area (Å²) in [4.78, 5) is 36.3. The van der Waals surface area contributed by atoms with E-state index in [1.807, 2.05) is 48.5 Å². The van der Waals surface area contributed by atoms with Crippen molar-refractivity contribution in [2.75, 3.05) is 26.3 Å². The highest BCUT2D eigenvalue weighted by atomic mass is 16.6. The lowest BCUT2D eigenvalue weighted by atomic mass is 9.98. The Morgan fingerprint density at radius 2 is 1.60 bits per heavy atom. The maximum absolute atomic E-state index is 12.6. The average Bonchev–Trinajstić information content (AvgIpc) is 3.07. The van der Waals surface area contributed by atoms with Crippen LogP contribution in [0.3, 0.4) is 0 Å². The Labute approximate surface area is 174 Å². The number of carboxylic acid groups (broad SMARTS) is 1. The summed E-state index contributed by atoms with van der Waals surface area (Å²) in [6, 6.07) is 15.9. The first-order valence-electron chi connectivity index (χ1n) is 9.59. The molecule has 2 aromatic rings. The quantitative estimate of drug-likeness (QED) is 0.504. The lowest BCUT2D eigenvalue weighted by molar-refractivity contribution is -0.144. The Morgan fingerprint density at radius 1 is 1.00 bits per heavy atom. The highest BCUT2D eigenvalue weighted by molar-refractivity contribution is 5.80. The largest absolute Gasteiger partial charge is 0.480 e. The minimum atomic E-state index is -1.19. The van der Waals surface area contributed by atoms with Gasteiger partial charge < -0.3 is 14.6 Å². The van der Waals surface area contributed by atoms with Gasteiger partial charge >= 0.3 is 18.0 Å². The third-order valence-corrected chi connectivity index (χ3v) is 4.87. The van der Waals surface area contributed by atoms with Crippen LogP contribution >= 0.6 is 0 Å². The highest BCUT2D eigenvalue weighted by Gasteiger charge is 2.30. The number of ether oxygens (including phenoxy) is 2. The van der Waals surface area contributed by atoms with Gasteiger partial charge in [-0.25, -0.2) is 4.79 Å². The number of rotatable bonds is 9.